The van der Waals surface area contributed by atoms with Crippen molar-refractivity contribution >= 4 is 17.4 Å². The minimum atomic E-state index is -0.0995. The maximum absolute atomic E-state index is 11.1. The Hall–Kier alpha value is -2.76. The van der Waals surface area contributed by atoms with Crippen LogP contribution in [0, 0.1) is 0 Å². The first-order chi connectivity index (χ1) is 11.6. The number of fused-ring (bicyclic) bond motifs is 1. The van der Waals surface area contributed by atoms with Crippen molar-refractivity contribution in [3.8, 4) is 11.5 Å². The van der Waals surface area contributed by atoms with Crippen molar-refractivity contribution in [2.45, 2.75) is 19.9 Å². The number of pyridine rings is 1. The van der Waals surface area contributed by atoms with Crippen LogP contribution in [0.25, 0.3) is 0 Å². The summed E-state index contributed by atoms with van der Waals surface area (Å²) in [6.45, 7) is 3.13. The highest BCUT2D eigenvalue weighted by Crippen LogP contribution is 2.34. The summed E-state index contributed by atoms with van der Waals surface area (Å²) in [5.74, 6) is 2.30. The number of rotatable bonds is 4. The van der Waals surface area contributed by atoms with Gasteiger partial charge in [0.2, 0.25) is 5.91 Å². The highest BCUT2D eigenvalue weighted by atomic mass is 16.5. The fourth-order valence-corrected chi connectivity index (χ4v) is 2.93. The van der Waals surface area contributed by atoms with Gasteiger partial charge in [-0.3, -0.25) is 4.79 Å². The van der Waals surface area contributed by atoms with Gasteiger partial charge in [0.1, 0.15) is 5.82 Å². The molecule has 126 valence electrons. The Balaban J connectivity index is 1.80. The van der Waals surface area contributed by atoms with E-state index < -0.39 is 0 Å². The highest BCUT2D eigenvalue weighted by molar-refractivity contribution is 5.88. The predicted octanol–water partition coefficient (Wildman–Crippen LogP) is 2.62. The van der Waals surface area contributed by atoms with Crippen LogP contribution in [-0.2, 0) is 17.8 Å². The van der Waals surface area contributed by atoms with Gasteiger partial charge in [0, 0.05) is 20.0 Å². The molecule has 2 aromatic rings. The molecule has 0 atom stereocenters. The molecule has 3 rings (SSSR count). The summed E-state index contributed by atoms with van der Waals surface area (Å²) in [5.41, 5.74) is 3.19. The molecule has 0 saturated heterocycles. The maximum atomic E-state index is 11.1. The molecule has 0 aliphatic carbocycles. The number of methoxy groups -OCH3 is 2. The van der Waals surface area contributed by atoms with Crippen molar-refractivity contribution in [1.29, 1.82) is 0 Å². The number of hydrogen-bond acceptors (Lipinski definition) is 5. The lowest BCUT2D eigenvalue weighted by Gasteiger charge is -2.30. The minimum absolute atomic E-state index is 0.0995. The van der Waals surface area contributed by atoms with Crippen LogP contribution in [-0.4, -0.2) is 31.7 Å². The van der Waals surface area contributed by atoms with Crippen molar-refractivity contribution in [3.05, 3.63) is 41.6 Å². The monoisotopic (exact) mass is 327 g/mol. The molecule has 0 saturated carbocycles. The van der Waals surface area contributed by atoms with Gasteiger partial charge in [-0.15, -0.1) is 0 Å². The maximum Gasteiger partial charge on any atom is 0.221 e. The second-order valence-corrected chi connectivity index (χ2v) is 5.73. The summed E-state index contributed by atoms with van der Waals surface area (Å²) in [6, 6.07) is 7.88. The van der Waals surface area contributed by atoms with Gasteiger partial charge in [-0.05, 0) is 41.8 Å². The Morgan fingerprint density at radius 1 is 1.17 bits per heavy atom. The molecule has 0 fully saturated rings. The van der Waals surface area contributed by atoms with Gasteiger partial charge < -0.3 is 19.7 Å². The van der Waals surface area contributed by atoms with Crippen molar-refractivity contribution < 1.29 is 14.3 Å². The van der Waals surface area contributed by atoms with E-state index in [1.54, 1.807) is 20.4 Å². The third-order valence-corrected chi connectivity index (χ3v) is 4.11. The number of amides is 1. The molecular formula is C18H21N3O3. The molecule has 0 spiro atoms. The topological polar surface area (TPSA) is 63.7 Å². The van der Waals surface area contributed by atoms with Crippen LogP contribution >= 0.6 is 0 Å². The van der Waals surface area contributed by atoms with Crippen LogP contribution in [0.15, 0.2) is 30.5 Å². The molecule has 1 amide bonds. The van der Waals surface area contributed by atoms with E-state index in [0.717, 1.165) is 36.8 Å². The second kappa shape index (κ2) is 6.78. The zero-order chi connectivity index (χ0) is 17.1. The molecule has 1 aromatic carbocycles. The van der Waals surface area contributed by atoms with E-state index >= 15 is 0 Å². The number of ether oxygens (including phenoxy) is 2. The lowest BCUT2D eigenvalue weighted by atomic mass is 9.99. The third kappa shape index (κ3) is 3.27. The van der Waals surface area contributed by atoms with Crippen LogP contribution < -0.4 is 19.7 Å². The number of aromatic nitrogens is 1. The van der Waals surface area contributed by atoms with E-state index in [4.69, 9.17) is 9.47 Å². The van der Waals surface area contributed by atoms with Gasteiger partial charge in [-0.1, -0.05) is 0 Å². The Morgan fingerprint density at radius 2 is 1.88 bits per heavy atom. The Bertz CT molecular complexity index is 744. The van der Waals surface area contributed by atoms with E-state index in [0.29, 0.717) is 5.69 Å². The van der Waals surface area contributed by atoms with Crippen LogP contribution in [0.3, 0.4) is 0 Å². The van der Waals surface area contributed by atoms with Crippen LogP contribution in [0.1, 0.15) is 18.1 Å². The second-order valence-electron chi connectivity index (χ2n) is 5.73. The molecule has 2 heterocycles. The summed E-state index contributed by atoms with van der Waals surface area (Å²) in [6.07, 6.45) is 2.60. The molecule has 6 nitrogen and oxygen atoms in total. The predicted molar refractivity (Wildman–Crippen MR) is 92.8 cm³/mol. The van der Waals surface area contributed by atoms with Crippen molar-refractivity contribution in [2.75, 3.05) is 31.0 Å². The van der Waals surface area contributed by atoms with Crippen LogP contribution in [0.5, 0.6) is 11.5 Å². The third-order valence-electron chi connectivity index (χ3n) is 4.11. The number of carbonyl (C=O) groups excluding carboxylic acids is 1. The summed E-state index contributed by atoms with van der Waals surface area (Å²) in [4.78, 5) is 17.8. The number of anilines is 2. The lowest BCUT2D eigenvalue weighted by Crippen LogP contribution is -2.31. The number of nitrogens with one attached hydrogen (secondary N) is 1. The van der Waals surface area contributed by atoms with E-state index in [-0.39, 0.29) is 5.91 Å². The number of hydrogen-bond donors (Lipinski definition) is 1. The summed E-state index contributed by atoms with van der Waals surface area (Å²) >= 11 is 0. The first-order valence-electron chi connectivity index (χ1n) is 7.83. The average Bonchev–Trinajstić information content (AvgIpc) is 2.60. The molecule has 1 aliphatic heterocycles. The molecular weight excluding hydrogens is 306 g/mol. The first kappa shape index (κ1) is 16.1. The van der Waals surface area contributed by atoms with Crippen molar-refractivity contribution in [1.82, 2.24) is 4.98 Å². The zero-order valence-corrected chi connectivity index (χ0v) is 14.1. The van der Waals surface area contributed by atoms with Crippen molar-refractivity contribution in [2.24, 2.45) is 0 Å². The normalized spacial score (nSPS) is 13.2. The summed E-state index contributed by atoms with van der Waals surface area (Å²) < 4.78 is 10.8. The fraction of sp³-hybridized carbons (Fsp3) is 0.333. The molecule has 1 N–H and O–H groups in total. The van der Waals surface area contributed by atoms with E-state index in [2.05, 4.69) is 21.3 Å². The van der Waals surface area contributed by atoms with E-state index in [9.17, 15) is 4.79 Å². The molecule has 0 unspecified atom stereocenters. The largest absolute Gasteiger partial charge is 0.493 e. The molecule has 1 aromatic heterocycles. The fourth-order valence-electron chi connectivity index (χ4n) is 2.93. The Kier molecular flexibility index (Phi) is 4.55. The van der Waals surface area contributed by atoms with Gasteiger partial charge in [0.25, 0.3) is 0 Å². The Labute approximate surface area is 141 Å². The molecule has 6 heteroatoms. The number of benzene rings is 1. The zero-order valence-electron chi connectivity index (χ0n) is 14.1. The smallest absolute Gasteiger partial charge is 0.221 e. The quantitative estimate of drug-likeness (QED) is 0.935. The van der Waals surface area contributed by atoms with E-state index in [1.165, 1.54) is 18.1 Å². The van der Waals surface area contributed by atoms with Crippen molar-refractivity contribution in [3.63, 3.8) is 0 Å². The van der Waals surface area contributed by atoms with Crippen LogP contribution in [0.2, 0.25) is 0 Å². The first-order valence-corrected chi connectivity index (χ1v) is 7.83. The molecule has 24 heavy (non-hydrogen) atoms. The van der Waals surface area contributed by atoms with Gasteiger partial charge >= 0.3 is 0 Å². The summed E-state index contributed by atoms with van der Waals surface area (Å²) in [7, 11) is 3.30. The molecule has 0 bridgehead atoms. The standard InChI is InChI=1S/C18H21N3O3/c1-12(22)20-15-4-5-18(19-10-15)21-7-6-13-8-16(23-2)17(24-3)9-14(13)11-21/h4-5,8-10H,6-7,11H2,1-3H3,(H,20,22). The molecule has 1 aliphatic rings. The van der Waals surface area contributed by atoms with Gasteiger partial charge in [0.05, 0.1) is 26.1 Å². The highest BCUT2D eigenvalue weighted by Gasteiger charge is 2.20. The Morgan fingerprint density at radius 3 is 2.46 bits per heavy atom. The summed E-state index contributed by atoms with van der Waals surface area (Å²) in [5, 5.41) is 2.73. The number of carbonyl (C=O) groups is 1. The SMILES string of the molecule is COc1cc2c(cc1OC)CN(c1ccc(NC(C)=O)cn1)CC2. The minimum Gasteiger partial charge on any atom is -0.493 e. The van der Waals surface area contributed by atoms with Gasteiger partial charge in [-0.2, -0.15) is 0 Å². The van der Waals surface area contributed by atoms with Gasteiger partial charge in [0.15, 0.2) is 11.5 Å². The average molecular weight is 327 g/mol. The molecule has 0 radical (unpaired) electrons. The van der Waals surface area contributed by atoms with Gasteiger partial charge in [-0.25, -0.2) is 4.98 Å². The number of nitrogens with zero attached hydrogens (tertiary/aromatic N) is 2. The lowest BCUT2D eigenvalue weighted by molar-refractivity contribution is -0.114. The van der Waals surface area contributed by atoms with E-state index in [1.807, 2.05) is 18.2 Å². The van der Waals surface area contributed by atoms with Crippen LogP contribution in [0.4, 0.5) is 11.5 Å².